The third-order valence-corrected chi connectivity index (χ3v) is 5.21. The number of ether oxygens (including phenoxy) is 1. The van der Waals surface area contributed by atoms with Crippen molar-refractivity contribution < 1.29 is 9.53 Å². The average Bonchev–Trinajstić information content (AvgIpc) is 2.53. The van der Waals surface area contributed by atoms with E-state index in [9.17, 15) is 4.79 Å². The quantitative estimate of drug-likeness (QED) is 0.731. The number of carbonyl (C=O) groups excluding carboxylic acids is 1. The molecule has 1 aromatic rings. The fourth-order valence-electron chi connectivity index (χ4n) is 3.33. The number of nitrogens with zero attached hydrogens (tertiary/aromatic N) is 1. The van der Waals surface area contributed by atoms with E-state index in [4.69, 9.17) is 4.74 Å². The predicted octanol–water partition coefficient (Wildman–Crippen LogP) is 3.27. The number of amides is 1. The maximum atomic E-state index is 12.0. The Bertz CT molecular complexity index is 497. The summed E-state index contributed by atoms with van der Waals surface area (Å²) in [5.41, 5.74) is 0. The molecule has 0 radical (unpaired) electrons. The van der Waals surface area contributed by atoms with Gasteiger partial charge in [0, 0.05) is 31.1 Å². The standard InChI is InChI=1S/C19H30N2O2S/c1-4-23-17-5-7-18(8-6-17)24-14-19(22)20-9-10-21-12-15(2)11-16(3)13-21/h5-8,15-16H,4,9-14H2,1-3H3,(H,20,22). The van der Waals surface area contributed by atoms with Crippen LogP contribution in [0.15, 0.2) is 29.2 Å². The lowest BCUT2D eigenvalue weighted by Gasteiger charge is -2.34. The smallest absolute Gasteiger partial charge is 0.230 e. The molecule has 1 N–H and O–H groups in total. The van der Waals surface area contributed by atoms with Gasteiger partial charge in [-0.3, -0.25) is 4.79 Å². The van der Waals surface area contributed by atoms with Crippen molar-refractivity contribution in [1.29, 1.82) is 0 Å². The number of hydrogen-bond donors (Lipinski definition) is 1. The van der Waals surface area contributed by atoms with Gasteiger partial charge in [-0.2, -0.15) is 0 Å². The van der Waals surface area contributed by atoms with Gasteiger partial charge in [0.2, 0.25) is 5.91 Å². The molecule has 0 saturated carbocycles. The molecule has 0 aliphatic carbocycles. The minimum Gasteiger partial charge on any atom is -0.494 e. The van der Waals surface area contributed by atoms with Crippen LogP contribution in [0.5, 0.6) is 5.75 Å². The first-order valence-corrected chi connectivity index (χ1v) is 9.90. The highest BCUT2D eigenvalue weighted by Crippen LogP contribution is 2.21. The lowest BCUT2D eigenvalue weighted by atomic mass is 9.92. The summed E-state index contributed by atoms with van der Waals surface area (Å²) in [6.45, 7) is 11.3. The van der Waals surface area contributed by atoms with Gasteiger partial charge in [0.15, 0.2) is 0 Å². The highest BCUT2D eigenvalue weighted by molar-refractivity contribution is 8.00. The number of nitrogens with one attached hydrogen (secondary N) is 1. The van der Waals surface area contributed by atoms with E-state index in [0.717, 1.165) is 48.7 Å². The van der Waals surface area contributed by atoms with Crippen LogP contribution in [0.2, 0.25) is 0 Å². The Morgan fingerprint density at radius 3 is 2.54 bits per heavy atom. The summed E-state index contributed by atoms with van der Waals surface area (Å²) in [5.74, 6) is 2.96. The van der Waals surface area contributed by atoms with E-state index in [1.807, 2.05) is 31.2 Å². The second-order valence-corrected chi connectivity index (χ2v) is 7.80. The predicted molar refractivity (Wildman–Crippen MR) is 101 cm³/mol. The molecule has 0 aromatic heterocycles. The number of hydrogen-bond acceptors (Lipinski definition) is 4. The Kier molecular flexibility index (Phi) is 7.92. The number of rotatable bonds is 8. The molecule has 24 heavy (non-hydrogen) atoms. The number of carbonyl (C=O) groups is 1. The van der Waals surface area contributed by atoms with E-state index in [1.165, 1.54) is 6.42 Å². The van der Waals surface area contributed by atoms with Crippen LogP contribution >= 0.6 is 11.8 Å². The molecule has 2 unspecified atom stereocenters. The van der Waals surface area contributed by atoms with Crippen molar-refractivity contribution in [2.45, 2.75) is 32.1 Å². The summed E-state index contributed by atoms with van der Waals surface area (Å²) >= 11 is 1.56. The monoisotopic (exact) mass is 350 g/mol. The van der Waals surface area contributed by atoms with Gasteiger partial charge in [-0.25, -0.2) is 0 Å². The van der Waals surface area contributed by atoms with Crippen LogP contribution in [0, 0.1) is 11.8 Å². The molecule has 4 nitrogen and oxygen atoms in total. The van der Waals surface area contributed by atoms with Crippen molar-refractivity contribution >= 4 is 17.7 Å². The number of benzene rings is 1. The van der Waals surface area contributed by atoms with Gasteiger partial charge in [0.05, 0.1) is 12.4 Å². The second kappa shape index (κ2) is 9.94. The summed E-state index contributed by atoms with van der Waals surface area (Å²) in [7, 11) is 0. The zero-order chi connectivity index (χ0) is 17.4. The van der Waals surface area contributed by atoms with Gasteiger partial charge in [-0.05, 0) is 49.4 Å². The Hall–Kier alpha value is -1.20. The molecule has 134 valence electrons. The third kappa shape index (κ3) is 6.73. The van der Waals surface area contributed by atoms with Gasteiger partial charge >= 0.3 is 0 Å². The SMILES string of the molecule is CCOc1ccc(SCC(=O)NCCN2CC(C)CC(C)C2)cc1. The minimum atomic E-state index is 0.104. The Labute approximate surface area is 150 Å². The fourth-order valence-corrected chi connectivity index (χ4v) is 4.06. The first kappa shape index (κ1) is 19.1. The molecule has 1 heterocycles. The van der Waals surface area contributed by atoms with Gasteiger partial charge in [-0.15, -0.1) is 11.8 Å². The molecule has 1 amide bonds. The first-order valence-electron chi connectivity index (χ1n) is 8.91. The molecular formula is C19H30N2O2S. The summed E-state index contributed by atoms with van der Waals surface area (Å²) in [5, 5.41) is 3.04. The van der Waals surface area contributed by atoms with Gasteiger partial charge < -0.3 is 15.0 Å². The highest BCUT2D eigenvalue weighted by Gasteiger charge is 2.21. The van der Waals surface area contributed by atoms with Crippen LogP contribution in [0.4, 0.5) is 0 Å². The topological polar surface area (TPSA) is 41.6 Å². The van der Waals surface area contributed by atoms with Crippen LogP contribution < -0.4 is 10.1 Å². The van der Waals surface area contributed by atoms with E-state index in [0.29, 0.717) is 12.4 Å². The molecule has 1 aliphatic rings. The Morgan fingerprint density at radius 2 is 1.92 bits per heavy atom. The zero-order valence-corrected chi connectivity index (χ0v) is 15.9. The van der Waals surface area contributed by atoms with E-state index in [2.05, 4.69) is 24.1 Å². The van der Waals surface area contributed by atoms with Crippen LogP contribution in [0.1, 0.15) is 27.2 Å². The Balaban J connectivity index is 1.62. The maximum absolute atomic E-state index is 12.0. The number of piperidine rings is 1. The number of thioether (sulfide) groups is 1. The molecule has 0 bridgehead atoms. The molecular weight excluding hydrogens is 320 g/mol. The van der Waals surface area contributed by atoms with E-state index < -0.39 is 0 Å². The molecule has 1 saturated heterocycles. The van der Waals surface area contributed by atoms with Crippen LogP contribution in [-0.4, -0.2) is 49.3 Å². The summed E-state index contributed by atoms with van der Waals surface area (Å²) in [4.78, 5) is 15.5. The normalized spacial score (nSPS) is 21.5. The molecule has 1 aliphatic heterocycles. The van der Waals surface area contributed by atoms with E-state index in [-0.39, 0.29) is 5.91 Å². The third-order valence-electron chi connectivity index (χ3n) is 4.20. The largest absolute Gasteiger partial charge is 0.494 e. The summed E-state index contributed by atoms with van der Waals surface area (Å²) in [6, 6.07) is 7.89. The van der Waals surface area contributed by atoms with Crippen molar-refractivity contribution in [2.75, 3.05) is 38.5 Å². The van der Waals surface area contributed by atoms with Crippen LogP contribution in [0.3, 0.4) is 0 Å². The maximum Gasteiger partial charge on any atom is 0.230 e. The highest BCUT2D eigenvalue weighted by atomic mass is 32.2. The van der Waals surface area contributed by atoms with Crippen molar-refractivity contribution in [3.05, 3.63) is 24.3 Å². The fraction of sp³-hybridized carbons (Fsp3) is 0.632. The lowest BCUT2D eigenvalue weighted by Crippen LogP contribution is -2.43. The van der Waals surface area contributed by atoms with Crippen molar-refractivity contribution in [3.8, 4) is 5.75 Å². The average molecular weight is 351 g/mol. The van der Waals surface area contributed by atoms with Crippen molar-refractivity contribution in [3.63, 3.8) is 0 Å². The molecule has 5 heteroatoms. The van der Waals surface area contributed by atoms with E-state index in [1.54, 1.807) is 11.8 Å². The molecule has 1 aromatic carbocycles. The molecule has 0 spiro atoms. The van der Waals surface area contributed by atoms with Gasteiger partial charge in [-0.1, -0.05) is 13.8 Å². The Morgan fingerprint density at radius 1 is 1.25 bits per heavy atom. The lowest BCUT2D eigenvalue weighted by molar-refractivity contribution is -0.118. The second-order valence-electron chi connectivity index (χ2n) is 6.75. The van der Waals surface area contributed by atoms with Gasteiger partial charge in [0.25, 0.3) is 0 Å². The van der Waals surface area contributed by atoms with E-state index >= 15 is 0 Å². The van der Waals surface area contributed by atoms with Gasteiger partial charge in [0.1, 0.15) is 5.75 Å². The minimum absolute atomic E-state index is 0.104. The van der Waals surface area contributed by atoms with Crippen molar-refractivity contribution in [2.24, 2.45) is 11.8 Å². The zero-order valence-electron chi connectivity index (χ0n) is 15.1. The summed E-state index contributed by atoms with van der Waals surface area (Å²) < 4.78 is 5.42. The van der Waals surface area contributed by atoms with Crippen molar-refractivity contribution in [1.82, 2.24) is 10.2 Å². The number of likely N-dealkylation sites (tertiary alicyclic amines) is 1. The first-order chi connectivity index (χ1) is 11.6. The molecule has 2 atom stereocenters. The molecule has 1 fully saturated rings. The van der Waals surface area contributed by atoms with Crippen LogP contribution in [-0.2, 0) is 4.79 Å². The summed E-state index contributed by atoms with van der Waals surface area (Å²) in [6.07, 6.45) is 1.32. The molecule has 2 rings (SSSR count). The van der Waals surface area contributed by atoms with Crippen LogP contribution in [0.25, 0.3) is 0 Å².